The first-order valence-corrected chi connectivity index (χ1v) is 11.7. The van der Waals surface area contributed by atoms with Crippen molar-refractivity contribution in [1.82, 2.24) is 15.2 Å². The highest BCUT2D eigenvalue weighted by Gasteiger charge is 2.29. The summed E-state index contributed by atoms with van der Waals surface area (Å²) in [5.74, 6) is 2.39. The van der Waals surface area contributed by atoms with Crippen LogP contribution in [-0.2, 0) is 11.2 Å². The van der Waals surface area contributed by atoms with Gasteiger partial charge in [-0.05, 0) is 37.3 Å². The zero-order chi connectivity index (χ0) is 22.6. The number of hydrogen-bond donors (Lipinski definition) is 2. The van der Waals surface area contributed by atoms with Gasteiger partial charge in [0.1, 0.15) is 6.07 Å². The predicted octanol–water partition coefficient (Wildman–Crippen LogP) is 4.51. The fraction of sp³-hybridized carbons (Fsp3) is 0.500. The molecule has 2 N–H and O–H groups in total. The van der Waals surface area contributed by atoms with Gasteiger partial charge in [-0.1, -0.05) is 32.1 Å². The van der Waals surface area contributed by atoms with Crippen molar-refractivity contribution in [2.24, 2.45) is 11.8 Å². The van der Waals surface area contributed by atoms with Crippen LogP contribution in [0.25, 0.3) is 11.7 Å². The number of carbonyl (C=O) groups is 1. The van der Waals surface area contributed by atoms with Crippen molar-refractivity contribution in [3.8, 4) is 17.7 Å². The number of oxazole rings is 1. The van der Waals surface area contributed by atoms with Crippen LogP contribution in [0.5, 0.6) is 0 Å². The van der Waals surface area contributed by atoms with Crippen LogP contribution in [0.15, 0.2) is 33.3 Å². The summed E-state index contributed by atoms with van der Waals surface area (Å²) < 4.78 is 11.2. The number of carbonyl (C=O) groups excluding carboxylic acids is 1. The van der Waals surface area contributed by atoms with Crippen molar-refractivity contribution >= 4 is 17.6 Å². The third-order valence-corrected chi connectivity index (χ3v) is 6.72. The third-order valence-electron chi connectivity index (χ3n) is 6.72. The monoisotopic (exact) mass is 448 g/mol. The molecule has 9 nitrogen and oxygen atoms in total. The van der Waals surface area contributed by atoms with Crippen LogP contribution in [0.4, 0.5) is 11.7 Å². The SMILES string of the molecule is N#Cc1nc(-c2ccco2)oc1N1CCC(C(=O)Nc2cc(CC3CCCCC3)[nH]n2)CC1. The Morgan fingerprint density at radius 1 is 1.24 bits per heavy atom. The van der Waals surface area contributed by atoms with Gasteiger partial charge in [0.15, 0.2) is 11.6 Å². The minimum atomic E-state index is -0.113. The highest BCUT2D eigenvalue weighted by atomic mass is 16.4. The lowest BCUT2D eigenvalue weighted by Crippen LogP contribution is -2.38. The molecule has 1 amide bonds. The Kier molecular flexibility index (Phi) is 6.15. The van der Waals surface area contributed by atoms with E-state index in [9.17, 15) is 10.1 Å². The molecule has 0 radical (unpaired) electrons. The van der Waals surface area contributed by atoms with Crippen molar-refractivity contribution in [1.29, 1.82) is 5.26 Å². The van der Waals surface area contributed by atoms with Gasteiger partial charge in [0.2, 0.25) is 17.5 Å². The molecule has 1 saturated carbocycles. The molecule has 9 heteroatoms. The highest BCUT2D eigenvalue weighted by Crippen LogP contribution is 2.32. The lowest BCUT2D eigenvalue weighted by Gasteiger charge is -2.30. The van der Waals surface area contributed by atoms with E-state index in [1.54, 1.807) is 12.1 Å². The van der Waals surface area contributed by atoms with Crippen molar-refractivity contribution in [2.75, 3.05) is 23.3 Å². The zero-order valence-electron chi connectivity index (χ0n) is 18.5. The van der Waals surface area contributed by atoms with Crippen LogP contribution in [0.3, 0.4) is 0 Å². The van der Waals surface area contributed by atoms with E-state index in [-0.39, 0.29) is 23.4 Å². The Labute approximate surface area is 192 Å². The summed E-state index contributed by atoms with van der Waals surface area (Å²) in [6.45, 7) is 1.21. The average molecular weight is 449 g/mol. The second-order valence-corrected chi connectivity index (χ2v) is 9.00. The van der Waals surface area contributed by atoms with E-state index in [0.29, 0.717) is 43.4 Å². The van der Waals surface area contributed by atoms with Gasteiger partial charge in [0, 0.05) is 30.8 Å². The Bertz CT molecular complexity index is 1110. The molecule has 0 bridgehead atoms. The van der Waals surface area contributed by atoms with Gasteiger partial charge in [-0.25, -0.2) is 0 Å². The fourth-order valence-corrected chi connectivity index (χ4v) is 4.91. The zero-order valence-corrected chi connectivity index (χ0v) is 18.5. The summed E-state index contributed by atoms with van der Waals surface area (Å²) in [5.41, 5.74) is 1.32. The molecule has 0 atom stereocenters. The first-order chi connectivity index (χ1) is 16.2. The Balaban J connectivity index is 1.15. The standard InChI is InChI=1S/C24H28N6O3/c25-15-19-24(33-23(26-19)20-7-4-12-32-20)30-10-8-17(9-11-30)22(31)27-21-14-18(28-29-21)13-16-5-2-1-3-6-16/h4,7,12,14,16-17H,1-3,5-6,8-11,13H2,(H2,27,28,29,31). The van der Waals surface area contributed by atoms with E-state index in [2.05, 4.69) is 26.6 Å². The van der Waals surface area contributed by atoms with Gasteiger partial charge in [-0.3, -0.25) is 9.89 Å². The van der Waals surface area contributed by atoms with Crippen molar-refractivity contribution in [3.05, 3.63) is 35.9 Å². The molecule has 4 heterocycles. The van der Waals surface area contributed by atoms with E-state index in [0.717, 1.165) is 18.0 Å². The molecule has 1 aliphatic carbocycles. The van der Waals surface area contributed by atoms with Crippen molar-refractivity contribution in [3.63, 3.8) is 0 Å². The topological polar surface area (TPSA) is 124 Å². The number of furan rings is 1. The number of piperidine rings is 1. The normalized spacial score (nSPS) is 17.7. The molecule has 0 aromatic carbocycles. The summed E-state index contributed by atoms with van der Waals surface area (Å²) in [5, 5.41) is 19.8. The molecule has 3 aromatic heterocycles. The average Bonchev–Trinajstić information content (AvgIpc) is 3.61. The van der Waals surface area contributed by atoms with Crippen LogP contribution in [0.1, 0.15) is 56.3 Å². The Hall–Kier alpha value is -3.54. The molecule has 1 aliphatic heterocycles. The fourth-order valence-electron chi connectivity index (χ4n) is 4.91. The van der Waals surface area contributed by atoms with E-state index >= 15 is 0 Å². The van der Waals surface area contributed by atoms with Crippen molar-refractivity contribution in [2.45, 2.75) is 51.4 Å². The van der Waals surface area contributed by atoms with Crippen molar-refractivity contribution < 1.29 is 13.6 Å². The summed E-state index contributed by atoms with van der Waals surface area (Å²) in [4.78, 5) is 19.0. The molecule has 5 rings (SSSR count). The molecule has 2 aliphatic rings. The number of aromatic amines is 1. The van der Waals surface area contributed by atoms with Gasteiger partial charge in [-0.15, -0.1) is 0 Å². The van der Waals surface area contributed by atoms with E-state index in [1.165, 1.54) is 38.4 Å². The third kappa shape index (κ3) is 4.80. The molecule has 172 valence electrons. The molecule has 2 fully saturated rings. The summed E-state index contributed by atoms with van der Waals surface area (Å²) in [7, 11) is 0. The molecule has 3 aromatic rings. The van der Waals surface area contributed by atoms with Crippen LogP contribution < -0.4 is 10.2 Å². The first kappa shape index (κ1) is 21.3. The molecular formula is C24H28N6O3. The van der Waals surface area contributed by atoms with Gasteiger partial charge < -0.3 is 19.1 Å². The lowest BCUT2D eigenvalue weighted by atomic mass is 9.86. The maximum absolute atomic E-state index is 12.8. The Morgan fingerprint density at radius 3 is 2.79 bits per heavy atom. The number of hydrogen-bond acceptors (Lipinski definition) is 7. The van der Waals surface area contributed by atoms with Gasteiger partial charge in [-0.2, -0.15) is 15.3 Å². The molecule has 33 heavy (non-hydrogen) atoms. The molecule has 1 saturated heterocycles. The van der Waals surface area contributed by atoms with Crippen LogP contribution >= 0.6 is 0 Å². The number of rotatable bonds is 6. The van der Waals surface area contributed by atoms with E-state index in [4.69, 9.17) is 8.83 Å². The predicted molar refractivity (Wildman–Crippen MR) is 121 cm³/mol. The molecule has 0 unspecified atom stereocenters. The second-order valence-electron chi connectivity index (χ2n) is 9.00. The number of anilines is 2. The number of H-pyrrole nitrogens is 1. The lowest BCUT2D eigenvalue weighted by molar-refractivity contribution is -0.120. The minimum absolute atomic E-state index is 0.0142. The summed E-state index contributed by atoms with van der Waals surface area (Å²) in [6.07, 6.45) is 10.4. The molecule has 0 spiro atoms. The highest BCUT2D eigenvalue weighted by molar-refractivity contribution is 5.91. The van der Waals surface area contributed by atoms with Crippen LogP contribution in [-0.4, -0.2) is 34.2 Å². The number of aromatic nitrogens is 3. The van der Waals surface area contributed by atoms with Gasteiger partial charge in [0.25, 0.3) is 5.89 Å². The maximum Gasteiger partial charge on any atom is 0.266 e. The van der Waals surface area contributed by atoms with E-state index < -0.39 is 0 Å². The first-order valence-electron chi connectivity index (χ1n) is 11.7. The van der Waals surface area contributed by atoms with Gasteiger partial charge in [0.05, 0.1) is 6.26 Å². The minimum Gasteiger partial charge on any atom is -0.459 e. The Morgan fingerprint density at radius 2 is 2.06 bits per heavy atom. The van der Waals surface area contributed by atoms with Crippen LogP contribution in [0, 0.1) is 23.2 Å². The summed E-state index contributed by atoms with van der Waals surface area (Å²) in [6, 6.07) is 7.54. The number of amides is 1. The quantitative estimate of drug-likeness (QED) is 0.568. The van der Waals surface area contributed by atoms with E-state index in [1.807, 2.05) is 11.0 Å². The smallest absolute Gasteiger partial charge is 0.266 e. The van der Waals surface area contributed by atoms with Gasteiger partial charge >= 0.3 is 0 Å². The largest absolute Gasteiger partial charge is 0.459 e. The molecular weight excluding hydrogens is 420 g/mol. The second kappa shape index (κ2) is 9.53. The van der Waals surface area contributed by atoms with Crippen LogP contribution in [0.2, 0.25) is 0 Å². The number of nitrogens with zero attached hydrogens (tertiary/aromatic N) is 4. The maximum atomic E-state index is 12.8. The number of nitrogens with one attached hydrogen (secondary N) is 2. The summed E-state index contributed by atoms with van der Waals surface area (Å²) >= 11 is 0. The number of nitriles is 1.